The molecule has 1 aromatic carbocycles. The van der Waals surface area contributed by atoms with Crippen molar-refractivity contribution in [3.8, 4) is 0 Å². The first-order valence-electron chi connectivity index (χ1n) is 12.2. The predicted octanol–water partition coefficient (Wildman–Crippen LogP) is 6.32. The maximum absolute atomic E-state index is 13.2. The minimum absolute atomic E-state index is 0. The van der Waals surface area contributed by atoms with Gasteiger partial charge in [0.25, 0.3) is 0 Å². The lowest BCUT2D eigenvalue weighted by Crippen LogP contribution is -2.47. The van der Waals surface area contributed by atoms with Gasteiger partial charge in [0.15, 0.2) is 0 Å². The van der Waals surface area contributed by atoms with Gasteiger partial charge >= 0.3 is 0 Å². The van der Waals surface area contributed by atoms with Gasteiger partial charge in [0.2, 0.25) is 5.91 Å². The van der Waals surface area contributed by atoms with Crippen LogP contribution in [0, 0.1) is 23.2 Å². The summed E-state index contributed by atoms with van der Waals surface area (Å²) in [6.07, 6.45) is 9.58. The van der Waals surface area contributed by atoms with E-state index in [1.165, 1.54) is 38.5 Å². The van der Waals surface area contributed by atoms with Gasteiger partial charge in [-0.1, -0.05) is 11.6 Å². The normalized spacial score (nSPS) is 26.6. The molecule has 0 spiro atoms. The zero-order chi connectivity index (χ0) is 22.3. The van der Waals surface area contributed by atoms with Gasteiger partial charge in [0, 0.05) is 25.4 Å². The van der Waals surface area contributed by atoms with Crippen LogP contribution in [0.15, 0.2) is 24.3 Å². The smallest absolute Gasteiger partial charge is 0.224 e. The maximum atomic E-state index is 13.2. The number of amides is 1. The quantitative estimate of drug-likeness (QED) is 0.394. The number of fused-ring (bicyclic) bond motifs is 1. The molecule has 188 valence electrons. The molecule has 0 unspecified atom stereocenters. The van der Waals surface area contributed by atoms with Gasteiger partial charge in [0.1, 0.15) is 5.82 Å². The fraction of sp³-hybridized carbons (Fsp3) is 0.615. The molecule has 2 aromatic rings. The Morgan fingerprint density at radius 3 is 2.35 bits per heavy atom. The Morgan fingerprint density at radius 1 is 1.09 bits per heavy atom. The SMILES string of the molecule is CNCCCN(C)c1ccc2c(NC(=O)CC34CC5CC(CC(C5)C3)C4)c(Cl)ccc2n1.Cl.Cl. The number of pyridine rings is 1. The van der Waals surface area contributed by atoms with E-state index < -0.39 is 0 Å². The number of anilines is 2. The zero-order valence-corrected chi connectivity index (χ0v) is 22.5. The van der Waals surface area contributed by atoms with Crippen molar-refractivity contribution in [3.63, 3.8) is 0 Å². The van der Waals surface area contributed by atoms with Gasteiger partial charge < -0.3 is 15.5 Å². The molecule has 0 saturated heterocycles. The second-order valence-electron chi connectivity index (χ2n) is 10.7. The average Bonchev–Trinajstić information content (AvgIpc) is 2.74. The third-order valence-electron chi connectivity index (χ3n) is 8.08. The van der Waals surface area contributed by atoms with E-state index in [2.05, 4.69) is 22.6 Å². The number of carbonyl (C=O) groups is 1. The van der Waals surface area contributed by atoms with E-state index in [1.807, 2.05) is 31.3 Å². The van der Waals surface area contributed by atoms with Crippen LogP contribution in [0.5, 0.6) is 0 Å². The lowest BCUT2D eigenvalue weighted by Gasteiger charge is -2.56. The van der Waals surface area contributed by atoms with Crippen LogP contribution >= 0.6 is 36.4 Å². The van der Waals surface area contributed by atoms with Crippen LogP contribution < -0.4 is 15.5 Å². The Hall–Kier alpha value is -1.27. The largest absolute Gasteiger partial charge is 0.360 e. The van der Waals surface area contributed by atoms with Gasteiger partial charge in [-0.15, -0.1) is 24.8 Å². The number of benzene rings is 1. The molecule has 1 amide bonds. The predicted molar refractivity (Wildman–Crippen MR) is 147 cm³/mol. The van der Waals surface area contributed by atoms with Crippen molar-refractivity contribution in [1.29, 1.82) is 0 Å². The molecule has 2 N–H and O–H groups in total. The number of hydrogen-bond acceptors (Lipinski definition) is 4. The molecule has 0 atom stereocenters. The molecule has 4 saturated carbocycles. The molecule has 1 heterocycles. The number of rotatable bonds is 8. The lowest BCUT2D eigenvalue weighted by atomic mass is 9.49. The summed E-state index contributed by atoms with van der Waals surface area (Å²) in [7, 11) is 4.03. The molecule has 1 aromatic heterocycles. The number of halogens is 3. The zero-order valence-electron chi connectivity index (χ0n) is 20.1. The molecule has 4 bridgehead atoms. The van der Waals surface area contributed by atoms with Crippen molar-refractivity contribution >= 4 is 64.7 Å². The van der Waals surface area contributed by atoms with Crippen LogP contribution in [0.3, 0.4) is 0 Å². The van der Waals surface area contributed by atoms with E-state index in [9.17, 15) is 4.79 Å². The Balaban J connectivity index is 0.00000162. The minimum atomic E-state index is 0. The Morgan fingerprint density at radius 2 is 1.74 bits per heavy atom. The van der Waals surface area contributed by atoms with E-state index in [0.29, 0.717) is 17.1 Å². The van der Waals surface area contributed by atoms with Crippen molar-refractivity contribution in [3.05, 3.63) is 29.3 Å². The number of nitrogens with zero attached hydrogens (tertiary/aromatic N) is 2. The molecule has 8 heteroatoms. The molecule has 34 heavy (non-hydrogen) atoms. The second kappa shape index (κ2) is 11.2. The van der Waals surface area contributed by atoms with Crippen molar-refractivity contribution in [2.45, 2.75) is 51.4 Å². The first kappa shape index (κ1) is 27.3. The first-order valence-corrected chi connectivity index (χ1v) is 12.6. The fourth-order valence-electron chi connectivity index (χ4n) is 7.14. The van der Waals surface area contributed by atoms with Gasteiger partial charge in [-0.2, -0.15) is 0 Å². The first-order chi connectivity index (χ1) is 15.4. The van der Waals surface area contributed by atoms with Crippen LogP contribution in [0.25, 0.3) is 10.9 Å². The Bertz CT molecular complexity index is 980. The molecule has 5 nitrogen and oxygen atoms in total. The summed E-state index contributed by atoms with van der Waals surface area (Å²) in [4.78, 5) is 20.2. The maximum Gasteiger partial charge on any atom is 0.224 e. The Kier molecular flexibility index (Phi) is 9.00. The van der Waals surface area contributed by atoms with Crippen molar-refractivity contribution in [2.75, 3.05) is 37.4 Å². The summed E-state index contributed by atoms with van der Waals surface area (Å²) in [6, 6.07) is 7.85. The van der Waals surface area contributed by atoms with Crippen molar-refractivity contribution in [1.82, 2.24) is 10.3 Å². The number of hydrogen-bond donors (Lipinski definition) is 2. The highest BCUT2D eigenvalue weighted by atomic mass is 35.5. The van der Waals surface area contributed by atoms with Crippen LogP contribution in [0.4, 0.5) is 11.5 Å². The monoisotopic (exact) mass is 526 g/mol. The van der Waals surface area contributed by atoms with E-state index in [4.69, 9.17) is 16.6 Å². The summed E-state index contributed by atoms with van der Waals surface area (Å²) >= 11 is 6.55. The standard InChI is InChI=1S/C26H35ClN4O.2ClH/c1-28-8-3-9-31(2)23-7-4-20-22(29-23)6-5-21(27)25(20)30-24(32)16-26-13-17-10-18(14-26)12-19(11-17)15-26;;/h4-7,17-19,28H,3,8-16H2,1-2H3,(H,30,32);2*1H. The molecular formula is C26H37Cl3N4O. The minimum Gasteiger partial charge on any atom is -0.360 e. The Labute approximate surface area is 220 Å². The van der Waals surface area contributed by atoms with E-state index in [0.717, 1.165) is 54.0 Å². The van der Waals surface area contributed by atoms with Crippen LogP contribution in [-0.2, 0) is 4.79 Å². The summed E-state index contributed by atoms with van der Waals surface area (Å²) in [6.45, 7) is 1.91. The van der Waals surface area contributed by atoms with Gasteiger partial charge in [0.05, 0.1) is 16.2 Å². The summed E-state index contributed by atoms with van der Waals surface area (Å²) in [5.74, 6) is 3.59. The van der Waals surface area contributed by atoms with Gasteiger partial charge in [-0.3, -0.25) is 4.79 Å². The fourth-order valence-corrected chi connectivity index (χ4v) is 7.36. The van der Waals surface area contributed by atoms with Crippen molar-refractivity contribution in [2.24, 2.45) is 23.2 Å². The molecule has 6 rings (SSSR count). The molecular weight excluding hydrogens is 491 g/mol. The average molecular weight is 528 g/mol. The molecule has 0 radical (unpaired) electrons. The highest BCUT2D eigenvalue weighted by Gasteiger charge is 2.51. The molecule has 4 aliphatic rings. The highest BCUT2D eigenvalue weighted by molar-refractivity contribution is 6.35. The van der Waals surface area contributed by atoms with Gasteiger partial charge in [-0.25, -0.2) is 4.98 Å². The van der Waals surface area contributed by atoms with E-state index >= 15 is 0 Å². The molecule has 4 aliphatic carbocycles. The summed E-state index contributed by atoms with van der Waals surface area (Å²) < 4.78 is 0. The third-order valence-corrected chi connectivity index (χ3v) is 8.40. The lowest BCUT2D eigenvalue weighted by molar-refractivity contribution is -0.124. The van der Waals surface area contributed by atoms with E-state index in [1.54, 1.807) is 0 Å². The number of carbonyl (C=O) groups excluding carboxylic acids is 1. The van der Waals surface area contributed by atoms with E-state index in [-0.39, 0.29) is 36.1 Å². The second-order valence-corrected chi connectivity index (χ2v) is 11.1. The summed E-state index contributed by atoms with van der Waals surface area (Å²) in [5, 5.41) is 7.85. The van der Waals surface area contributed by atoms with Crippen LogP contribution in [0.1, 0.15) is 51.4 Å². The van der Waals surface area contributed by atoms with Gasteiger partial charge in [-0.05, 0) is 106 Å². The summed E-state index contributed by atoms with van der Waals surface area (Å²) in [5.41, 5.74) is 1.78. The molecule has 0 aliphatic heterocycles. The van der Waals surface area contributed by atoms with Crippen molar-refractivity contribution < 1.29 is 4.79 Å². The highest BCUT2D eigenvalue weighted by Crippen LogP contribution is 2.61. The number of nitrogens with one attached hydrogen (secondary N) is 2. The molecule has 4 fully saturated rings. The number of aromatic nitrogens is 1. The third kappa shape index (κ3) is 5.59. The topological polar surface area (TPSA) is 57.3 Å². The van der Waals surface area contributed by atoms with Crippen LogP contribution in [-0.4, -0.2) is 38.1 Å². The van der Waals surface area contributed by atoms with Crippen LogP contribution in [0.2, 0.25) is 5.02 Å².